The molecule has 1 N–H and O–H groups in total. The zero-order chi connectivity index (χ0) is 28.0. The normalized spacial score (nSPS) is 18.8. The van der Waals surface area contributed by atoms with Crippen molar-refractivity contribution in [1.29, 1.82) is 0 Å². The number of hydrogen-bond donors (Lipinski definition) is 1. The summed E-state index contributed by atoms with van der Waals surface area (Å²) >= 11 is 1.26. The molecule has 0 aromatic rings. The Morgan fingerprint density at radius 2 is 1.59 bits per heavy atom. The number of esters is 1. The minimum Gasteiger partial charge on any atom is -0.464 e. The van der Waals surface area contributed by atoms with Gasteiger partial charge in [-0.25, -0.2) is 5.09 Å². The zero-order valence-electron chi connectivity index (χ0n) is 25.2. The van der Waals surface area contributed by atoms with Crippen molar-refractivity contribution in [2.45, 2.75) is 124 Å². The van der Waals surface area contributed by atoms with Gasteiger partial charge in [-0.05, 0) is 67.3 Å². The molecule has 2 atom stereocenters. The summed E-state index contributed by atoms with van der Waals surface area (Å²) < 4.78 is 31.2. The maximum atomic E-state index is 14.0. The Kier molecular flexibility index (Phi) is 15.9. The molecule has 0 amide bonds. The average molecular weight is 565 g/mol. The van der Waals surface area contributed by atoms with Crippen LogP contribution in [0.5, 0.6) is 0 Å². The molecule has 37 heavy (non-hydrogen) atoms. The van der Waals surface area contributed by atoms with Crippen molar-refractivity contribution < 1.29 is 23.4 Å². The molecule has 1 aliphatic rings. The van der Waals surface area contributed by atoms with Gasteiger partial charge >= 0.3 is 12.7 Å². The number of carbonyl (C=O) groups is 1. The van der Waals surface area contributed by atoms with Gasteiger partial charge < -0.3 is 14.0 Å². The molecule has 0 saturated carbocycles. The fourth-order valence-corrected chi connectivity index (χ4v) is 9.33. The molecule has 0 aliphatic carbocycles. The van der Waals surface area contributed by atoms with Gasteiger partial charge in [0.25, 0.3) is 0 Å². The van der Waals surface area contributed by atoms with Crippen LogP contribution in [0.3, 0.4) is 0 Å². The van der Waals surface area contributed by atoms with E-state index in [9.17, 15) is 9.36 Å². The van der Waals surface area contributed by atoms with E-state index in [1.807, 2.05) is 34.6 Å². The molecule has 1 saturated heterocycles. The van der Waals surface area contributed by atoms with E-state index in [2.05, 4.69) is 30.8 Å². The topological polar surface area (TPSA) is 77.1 Å². The van der Waals surface area contributed by atoms with Crippen LogP contribution < -0.4 is 5.09 Å². The third-order valence-electron chi connectivity index (χ3n) is 6.72. The monoisotopic (exact) mass is 564 g/mol. The second-order valence-corrected chi connectivity index (χ2v) is 16.6. The summed E-state index contributed by atoms with van der Waals surface area (Å²) in [5.41, 5.74) is -1.38. The van der Waals surface area contributed by atoms with E-state index in [-0.39, 0.29) is 18.1 Å². The first-order valence-corrected chi connectivity index (χ1v) is 17.7. The van der Waals surface area contributed by atoms with Crippen molar-refractivity contribution in [2.75, 3.05) is 45.2 Å². The van der Waals surface area contributed by atoms with Gasteiger partial charge in [-0.2, -0.15) is 0 Å². The molecular weight excluding hydrogens is 507 g/mol. The van der Waals surface area contributed by atoms with Gasteiger partial charge in [-0.1, -0.05) is 63.8 Å². The lowest BCUT2D eigenvalue weighted by molar-refractivity contribution is -0.153. The molecule has 1 rings (SSSR count). The summed E-state index contributed by atoms with van der Waals surface area (Å²) in [6.45, 7) is 17.4. The molecule has 1 aliphatic heterocycles. The summed E-state index contributed by atoms with van der Waals surface area (Å²) in [6.07, 6.45) is 9.70. The van der Waals surface area contributed by atoms with Gasteiger partial charge in [0.1, 0.15) is 6.61 Å². The standard InChI is InChI=1S/C28H57N2O5PS/c1-9-11-12-13-14-16-28(8,15-10-2)29-36(32,35-26(3,4)5)37-24-23-34-25(31)27(6,7)17-18-30-19-21-33-22-20-30/h9-24H2,1-8H3,(H,29,32). The number of hydrogen-bond acceptors (Lipinski definition) is 7. The highest BCUT2D eigenvalue weighted by atomic mass is 32.7. The average Bonchev–Trinajstić information content (AvgIpc) is 2.80. The molecule has 1 fully saturated rings. The van der Waals surface area contributed by atoms with Crippen LogP contribution in [0, 0.1) is 5.41 Å². The molecule has 2 unspecified atom stereocenters. The Morgan fingerprint density at radius 3 is 2.19 bits per heavy atom. The maximum absolute atomic E-state index is 14.0. The Balaban J connectivity index is 2.66. The first kappa shape index (κ1) is 34.9. The first-order chi connectivity index (χ1) is 17.2. The number of carbonyl (C=O) groups excluding carboxylic acids is 1. The summed E-state index contributed by atoms with van der Waals surface area (Å²) in [5, 5.41) is 3.47. The number of ether oxygens (including phenoxy) is 2. The van der Waals surface area contributed by atoms with Crippen LogP contribution in [-0.2, 0) is 23.4 Å². The molecule has 0 aromatic carbocycles. The lowest BCUT2D eigenvalue weighted by atomic mass is 9.89. The highest BCUT2D eigenvalue weighted by Gasteiger charge is 2.38. The lowest BCUT2D eigenvalue weighted by Crippen LogP contribution is -2.41. The molecule has 0 bridgehead atoms. The van der Waals surface area contributed by atoms with Gasteiger partial charge in [0.05, 0.1) is 24.2 Å². The van der Waals surface area contributed by atoms with Crippen LogP contribution in [0.15, 0.2) is 0 Å². The first-order valence-electron chi connectivity index (χ1n) is 14.5. The second kappa shape index (κ2) is 16.9. The van der Waals surface area contributed by atoms with Gasteiger partial charge in [0.15, 0.2) is 0 Å². The van der Waals surface area contributed by atoms with E-state index in [4.69, 9.17) is 14.0 Å². The number of rotatable bonds is 19. The molecule has 0 radical (unpaired) electrons. The number of unbranched alkanes of at least 4 members (excludes halogenated alkanes) is 4. The highest BCUT2D eigenvalue weighted by molar-refractivity contribution is 8.56. The number of morpholine rings is 1. The van der Waals surface area contributed by atoms with Crippen molar-refractivity contribution in [3.05, 3.63) is 0 Å². The van der Waals surface area contributed by atoms with Crippen molar-refractivity contribution in [3.63, 3.8) is 0 Å². The molecule has 0 aromatic heterocycles. The third-order valence-corrected chi connectivity index (χ3v) is 11.1. The van der Waals surface area contributed by atoms with Gasteiger partial charge in [-0.3, -0.25) is 14.3 Å². The Hall–Kier alpha value is -0.110. The predicted octanol–water partition coefficient (Wildman–Crippen LogP) is 7.44. The minimum absolute atomic E-state index is 0.205. The lowest BCUT2D eigenvalue weighted by Gasteiger charge is -2.37. The molecule has 1 heterocycles. The SMILES string of the molecule is CCCCCCCC(C)(CCC)NP(=O)(OC(C)(C)C)SCCOC(=O)C(C)(C)CCN1CCOCC1. The van der Waals surface area contributed by atoms with E-state index < -0.39 is 17.7 Å². The maximum Gasteiger partial charge on any atom is 0.327 e. The third kappa shape index (κ3) is 15.3. The number of nitrogens with zero attached hydrogens (tertiary/aromatic N) is 1. The van der Waals surface area contributed by atoms with E-state index in [0.717, 1.165) is 65.0 Å². The van der Waals surface area contributed by atoms with Crippen LogP contribution in [0.4, 0.5) is 0 Å². The summed E-state index contributed by atoms with van der Waals surface area (Å²) in [7, 11) is 0. The van der Waals surface area contributed by atoms with Crippen LogP contribution in [0.1, 0.15) is 113 Å². The van der Waals surface area contributed by atoms with Gasteiger partial charge in [-0.15, -0.1) is 0 Å². The quantitative estimate of drug-likeness (QED) is 0.0985. The van der Waals surface area contributed by atoms with E-state index >= 15 is 0 Å². The van der Waals surface area contributed by atoms with Crippen LogP contribution in [0.25, 0.3) is 0 Å². The summed E-state index contributed by atoms with van der Waals surface area (Å²) in [6, 6.07) is 0. The fourth-order valence-electron chi connectivity index (χ4n) is 4.53. The number of nitrogens with one attached hydrogen (secondary N) is 1. The molecule has 7 nitrogen and oxygen atoms in total. The molecule has 0 spiro atoms. The van der Waals surface area contributed by atoms with Crippen LogP contribution in [-0.4, -0.2) is 67.2 Å². The van der Waals surface area contributed by atoms with Crippen LogP contribution in [0.2, 0.25) is 0 Å². The largest absolute Gasteiger partial charge is 0.464 e. The van der Waals surface area contributed by atoms with Crippen molar-refractivity contribution in [1.82, 2.24) is 9.99 Å². The van der Waals surface area contributed by atoms with Crippen LogP contribution >= 0.6 is 18.1 Å². The smallest absolute Gasteiger partial charge is 0.327 e. The van der Waals surface area contributed by atoms with Crippen molar-refractivity contribution in [3.8, 4) is 0 Å². The van der Waals surface area contributed by atoms with E-state index in [0.29, 0.717) is 5.75 Å². The van der Waals surface area contributed by atoms with Crippen molar-refractivity contribution in [2.24, 2.45) is 5.41 Å². The van der Waals surface area contributed by atoms with E-state index in [1.165, 1.54) is 37.1 Å². The van der Waals surface area contributed by atoms with E-state index in [1.54, 1.807) is 0 Å². The minimum atomic E-state index is -3.23. The Bertz CT molecular complexity index is 695. The molecular formula is C28H57N2O5PS. The van der Waals surface area contributed by atoms with Crippen molar-refractivity contribution >= 4 is 24.1 Å². The molecule has 220 valence electrons. The Labute approximate surface area is 232 Å². The Morgan fingerprint density at radius 1 is 0.946 bits per heavy atom. The van der Waals surface area contributed by atoms with Gasteiger partial charge in [0.2, 0.25) is 0 Å². The molecule has 9 heteroatoms. The summed E-state index contributed by atoms with van der Waals surface area (Å²) in [4.78, 5) is 15.1. The predicted molar refractivity (Wildman–Crippen MR) is 157 cm³/mol. The van der Waals surface area contributed by atoms with Gasteiger partial charge in [0, 0.05) is 24.4 Å². The zero-order valence-corrected chi connectivity index (χ0v) is 26.9. The highest BCUT2D eigenvalue weighted by Crippen LogP contribution is 2.60. The fraction of sp³-hybridized carbons (Fsp3) is 0.964. The summed E-state index contributed by atoms with van der Waals surface area (Å²) in [5.74, 6) is 0.216. The second-order valence-electron chi connectivity index (χ2n) is 12.3.